The topological polar surface area (TPSA) is 104 Å². The first-order valence-electron chi connectivity index (χ1n) is 6.09. The number of rotatable bonds is 5. The maximum atomic E-state index is 12.4. The van der Waals surface area contributed by atoms with Crippen LogP contribution in [0.2, 0.25) is 0 Å². The highest BCUT2D eigenvalue weighted by Crippen LogP contribution is 2.23. The third kappa shape index (κ3) is 3.22. The summed E-state index contributed by atoms with van der Waals surface area (Å²) in [6.45, 7) is 2.59. The van der Waals surface area contributed by atoms with Gasteiger partial charge in [0.15, 0.2) is 0 Å². The zero-order chi connectivity index (χ0) is 16.4. The number of likely N-dealkylation sites (N-methyl/N-ethyl adjacent to an activating group) is 1. The Morgan fingerprint density at radius 3 is 2.05 bits per heavy atom. The number of benzene rings is 1. The van der Waals surface area contributed by atoms with Gasteiger partial charge in [-0.25, -0.2) is 8.42 Å². The van der Waals surface area contributed by atoms with Crippen molar-refractivity contribution in [3.8, 4) is 0 Å². The van der Waals surface area contributed by atoms with Crippen LogP contribution in [0.15, 0.2) is 29.2 Å². The van der Waals surface area contributed by atoms with E-state index in [1.807, 2.05) is 0 Å². The van der Waals surface area contributed by atoms with Crippen LogP contribution in [0.4, 0.5) is 0 Å². The SMILES string of the molecule is CNC(=O)c1ccc(S(=O)(=O)N(C)C(C)(C)C(=O)O)cc1. The van der Waals surface area contributed by atoms with Crippen molar-refractivity contribution in [2.75, 3.05) is 14.1 Å². The molecule has 0 unspecified atom stereocenters. The molecule has 1 aromatic carbocycles. The number of carbonyl (C=O) groups is 2. The number of nitrogens with one attached hydrogen (secondary N) is 1. The van der Waals surface area contributed by atoms with Gasteiger partial charge in [-0.15, -0.1) is 0 Å². The first kappa shape index (κ1) is 17.1. The number of carboxylic acid groups (broad SMARTS) is 1. The molecular formula is C13H18N2O5S. The lowest BCUT2D eigenvalue weighted by Gasteiger charge is -2.30. The van der Waals surface area contributed by atoms with E-state index in [-0.39, 0.29) is 10.8 Å². The minimum atomic E-state index is -3.97. The highest BCUT2D eigenvalue weighted by Gasteiger charge is 2.40. The van der Waals surface area contributed by atoms with Gasteiger partial charge in [-0.1, -0.05) is 0 Å². The highest BCUT2D eigenvalue weighted by molar-refractivity contribution is 7.89. The summed E-state index contributed by atoms with van der Waals surface area (Å²) in [6.07, 6.45) is 0. The quantitative estimate of drug-likeness (QED) is 0.825. The Morgan fingerprint density at radius 1 is 1.19 bits per heavy atom. The molecule has 0 saturated carbocycles. The van der Waals surface area contributed by atoms with Crippen molar-refractivity contribution in [2.24, 2.45) is 0 Å². The van der Waals surface area contributed by atoms with Crippen molar-refractivity contribution in [1.29, 1.82) is 0 Å². The van der Waals surface area contributed by atoms with E-state index in [4.69, 9.17) is 5.11 Å². The first-order valence-corrected chi connectivity index (χ1v) is 7.53. The number of nitrogens with zero attached hydrogens (tertiary/aromatic N) is 1. The third-order valence-corrected chi connectivity index (χ3v) is 5.36. The Morgan fingerprint density at radius 2 is 1.67 bits per heavy atom. The second kappa shape index (κ2) is 5.82. The molecule has 0 bridgehead atoms. The van der Waals surface area contributed by atoms with Crippen molar-refractivity contribution >= 4 is 21.9 Å². The number of sulfonamides is 1. The van der Waals surface area contributed by atoms with Crippen LogP contribution in [0.5, 0.6) is 0 Å². The molecule has 1 amide bonds. The van der Waals surface area contributed by atoms with Crippen molar-refractivity contribution in [3.63, 3.8) is 0 Å². The molecule has 0 aliphatic heterocycles. The Hall–Kier alpha value is -1.93. The highest BCUT2D eigenvalue weighted by atomic mass is 32.2. The van der Waals surface area contributed by atoms with Crippen LogP contribution in [0, 0.1) is 0 Å². The molecule has 0 fully saturated rings. The molecule has 0 spiro atoms. The van der Waals surface area contributed by atoms with Crippen LogP contribution in [-0.2, 0) is 14.8 Å². The minimum absolute atomic E-state index is 0.0769. The van der Waals surface area contributed by atoms with E-state index < -0.39 is 21.5 Å². The van der Waals surface area contributed by atoms with Gasteiger partial charge < -0.3 is 10.4 Å². The molecule has 1 aromatic rings. The predicted octanol–water partition coefficient (Wildman–Crippen LogP) is 0.530. The summed E-state index contributed by atoms with van der Waals surface area (Å²) < 4.78 is 25.6. The molecular weight excluding hydrogens is 296 g/mol. The Bertz CT molecular complexity index is 650. The fourth-order valence-corrected chi connectivity index (χ4v) is 2.99. The fraction of sp³-hybridized carbons (Fsp3) is 0.385. The van der Waals surface area contributed by atoms with Crippen molar-refractivity contribution in [1.82, 2.24) is 9.62 Å². The first-order chi connectivity index (χ1) is 9.55. The van der Waals surface area contributed by atoms with Gasteiger partial charge in [0.05, 0.1) is 4.90 Å². The molecule has 0 aromatic heterocycles. The van der Waals surface area contributed by atoms with E-state index >= 15 is 0 Å². The average molecular weight is 314 g/mol. The number of hydrogen-bond donors (Lipinski definition) is 2. The van der Waals surface area contributed by atoms with Gasteiger partial charge in [-0.2, -0.15) is 4.31 Å². The number of amides is 1. The molecule has 0 atom stereocenters. The maximum Gasteiger partial charge on any atom is 0.324 e. The molecule has 21 heavy (non-hydrogen) atoms. The summed E-state index contributed by atoms with van der Waals surface area (Å²) in [5.41, 5.74) is -1.27. The summed E-state index contributed by atoms with van der Waals surface area (Å²) in [5.74, 6) is -1.59. The monoisotopic (exact) mass is 314 g/mol. The van der Waals surface area contributed by atoms with Crippen molar-refractivity contribution in [3.05, 3.63) is 29.8 Å². The van der Waals surface area contributed by atoms with E-state index in [0.29, 0.717) is 5.56 Å². The van der Waals surface area contributed by atoms with E-state index in [1.165, 1.54) is 52.2 Å². The molecule has 8 heteroatoms. The number of hydrogen-bond acceptors (Lipinski definition) is 4. The van der Waals surface area contributed by atoms with Gasteiger partial charge in [0, 0.05) is 19.7 Å². The lowest BCUT2D eigenvalue weighted by atomic mass is 10.1. The molecule has 0 radical (unpaired) electrons. The Balaban J connectivity index is 3.20. The standard InChI is InChI=1S/C13H18N2O5S/c1-13(2,12(17)18)15(4)21(19,20)10-7-5-9(6-8-10)11(16)14-3/h5-8H,1-4H3,(H,14,16)(H,17,18). The summed E-state index contributed by atoms with van der Waals surface area (Å²) in [7, 11) is -1.30. The van der Waals surface area contributed by atoms with Crippen LogP contribution in [-0.4, -0.2) is 49.3 Å². The molecule has 7 nitrogen and oxygen atoms in total. The zero-order valence-electron chi connectivity index (χ0n) is 12.2. The van der Waals surface area contributed by atoms with Crippen molar-refractivity contribution < 1.29 is 23.1 Å². The molecule has 2 N–H and O–H groups in total. The predicted molar refractivity (Wildman–Crippen MR) is 76.5 cm³/mol. The Kier molecular flexibility index (Phi) is 4.75. The second-order valence-corrected chi connectivity index (χ2v) is 6.91. The smallest absolute Gasteiger partial charge is 0.324 e. The summed E-state index contributed by atoms with van der Waals surface area (Å²) in [4.78, 5) is 22.5. The molecule has 0 aliphatic carbocycles. The van der Waals surface area contributed by atoms with Crippen LogP contribution in [0.3, 0.4) is 0 Å². The van der Waals surface area contributed by atoms with Crippen LogP contribution >= 0.6 is 0 Å². The largest absolute Gasteiger partial charge is 0.480 e. The fourth-order valence-electron chi connectivity index (χ4n) is 1.52. The third-order valence-electron chi connectivity index (χ3n) is 3.31. The van der Waals surface area contributed by atoms with Gasteiger partial charge in [-0.3, -0.25) is 9.59 Å². The number of carbonyl (C=O) groups excluding carboxylic acids is 1. The second-order valence-electron chi connectivity index (χ2n) is 4.94. The van der Waals surface area contributed by atoms with E-state index in [0.717, 1.165) is 4.31 Å². The zero-order valence-corrected chi connectivity index (χ0v) is 13.1. The van der Waals surface area contributed by atoms with Gasteiger partial charge in [0.2, 0.25) is 10.0 Å². The number of aliphatic carboxylic acids is 1. The summed E-state index contributed by atoms with van der Waals surface area (Å²) >= 11 is 0. The maximum absolute atomic E-state index is 12.4. The van der Waals surface area contributed by atoms with Crippen LogP contribution in [0.25, 0.3) is 0 Å². The van der Waals surface area contributed by atoms with E-state index in [2.05, 4.69) is 5.32 Å². The van der Waals surface area contributed by atoms with E-state index in [9.17, 15) is 18.0 Å². The molecule has 0 heterocycles. The summed E-state index contributed by atoms with van der Waals surface area (Å²) in [5, 5.41) is 11.5. The van der Waals surface area contributed by atoms with E-state index in [1.54, 1.807) is 0 Å². The van der Waals surface area contributed by atoms with Gasteiger partial charge in [-0.05, 0) is 38.1 Å². The van der Waals surface area contributed by atoms with Crippen LogP contribution < -0.4 is 5.32 Å². The molecule has 0 aliphatic rings. The van der Waals surface area contributed by atoms with Gasteiger partial charge in [0.1, 0.15) is 5.54 Å². The molecule has 0 saturated heterocycles. The van der Waals surface area contributed by atoms with Gasteiger partial charge in [0.25, 0.3) is 5.91 Å². The lowest BCUT2D eigenvalue weighted by molar-refractivity contribution is -0.145. The lowest BCUT2D eigenvalue weighted by Crippen LogP contribution is -2.50. The molecule has 116 valence electrons. The van der Waals surface area contributed by atoms with Gasteiger partial charge >= 0.3 is 5.97 Å². The summed E-state index contributed by atoms with van der Waals surface area (Å²) in [6, 6.07) is 5.28. The van der Waals surface area contributed by atoms with Crippen LogP contribution in [0.1, 0.15) is 24.2 Å². The minimum Gasteiger partial charge on any atom is -0.480 e. The average Bonchev–Trinajstić information content (AvgIpc) is 2.45. The number of carboxylic acids is 1. The van der Waals surface area contributed by atoms with Crippen molar-refractivity contribution in [2.45, 2.75) is 24.3 Å². The normalized spacial score (nSPS) is 12.2. The Labute approximate surface area is 123 Å². The molecule has 1 rings (SSSR count).